The minimum absolute atomic E-state index is 0.164. The van der Waals surface area contributed by atoms with Crippen LogP contribution >= 0.6 is 31.9 Å². The van der Waals surface area contributed by atoms with Crippen LogP contribution in [0, 0.1) is 11.8 Å². The Labute approximate surface area is 159 Å². The number of ketones is 1. The van der Waals surface area contributed by atoms with Crippen LogP contribution < -0.4 is 5.32 Å². The van der Waals surface area contributed by atoms with E-state index in [4.69, 9.17) is 0 Å². The van der Waals surface area contributed by atoms with Crippen LogP contribution in [-0.2, 0) is 4.79 Å². The molecule has 0 radical (unpaired) electrons. The number of benzene rings is 2. The highest BCUT2D eigenvalue weighted by Crippen LogP contribution is 2.41. The normalized spacial score (nSPS) is 29.5. The largest absolute Gasteiger partial charge is 0.333 e. The average Bonchev–Trinajstić information content (AvgIpc) is 2.57. The molecule has 1 saturated heterocycles. The van der Waals surface area contributed by atoms with Crippen molar-refractivity contribution in [3.05, 3.63) is 68.6 Å². The van der Waals surface area contributed by atoms with Gasteiger partial charge in [0.15, 0.2) is 5.78 Å². The summed E-state index contributed by atoms with van der Waals surface area (Å²) < 4.78 is 2.17. The van der Waals surface area contributed by atoms with E-state index in [9.17, 15) is 4.79 Å². The second kappa shape index (κ2) is 6.74. The number of fused-ring (bicyclic) bond motifs is 2. The van der Waals surface area contributed by atoms with E-state index in [1.807, 2.05) is 0 Å². The van der Waals surface area contributed by atoms with E-state index >= 15 is 0 Å². The smallest absolute Gasteiger partial charge is 0.151 e. The van der Waals surface area contributed by atoms with E-state index in [1.54, 1.807) is 0 Å². The fourth-order valence-corrected chi connectivity index (χ4v) is 4.91. The molecule has 2 aromatic rings. The van der Waals surface area contributed by atoms with Gasteiger partial charge in [0.05, 0.1) is 11.8 Å². The Hall–Kier alpha value is -0.970. The molecule has 0 spiro atoms. The molecular weight excluding hydrogens is 430 g/mol. The van der Waals surface area contributed by atoms with Gasteiger partial charge in [-0.25, -0.2) is 0 Å². The first-order chi connectivity index (χ1) is 11.6. The second-order valence-corrected chi connectivity index (χ2v) is 8.72. The van der Waals surface area contributed by atoms with Gasteiger partial charge in [0.1, 0.15) is 12.1 Å². The van der Waals surface area contributed by atoms with Gasteiger partial charge in [0, 0.05) is 20.1 Å². The van der Waals surface area contributed by atoms with E-state index in [0.717, 1.165) is 28.2 Å². The zero-order chi connectivity index (χ0) is 16.7. The Morgan fingerprint density at radius 2 is 1.17 bits per heavy atom. The number of hydrogen-bond donors (Lipinski definition) is 1. The molecule has 4 atom stereocenters. The Morgan fingerprint density at radius 1 is 0.750 bits per heavy atom. The molecule has 2 nitrogen and oxygen atoms in total. The van der Waals surface area contributed by atoms with Crippen molar-refractivity contribution >= 4 is 37.6 Å². The van der Waals surface area contributed by atoms with Crippen LogP contribution in [0.4, 0.5) is 0 Å². The lowest BCUT2D eigenvalue weighted by molar-refractivity contribution is -0.750. The average molecular weight is 450 g/mol. The number of nitrogens with two attached hydrogens (primary N) is 1. The third kappa shape index (κ3) is 3.00. The standard InChI is InChI=1S/C20H19Br2NO/c21-14-8-4-12(5-9-14)18-16-2-1-3-17(20(16)24)19(23-18)13-6-10-15(22)11-7-13/h4-11,16-19,23H,1-3H2/p+1/t16-,17+,18+,19-. The van der Waals surface area contributed by atoms with Crippen LogP contribution in [0.3, 0.4) is 0 Å². The van der Waals surface area contributed by atoms with Crippen LogP contribution in [0.1, 0.15) is 42.5 Å². The van der Waals surface area contributed by atoms with E-state index in [0.29, 0.717) is 5.78 Å². The second-order valence-electron chi connectivity index (χ2n) is 6.89. The van der Waals surface area contributed by atoms with Gasteiger partial charge in [0.25, 0.3) is 0 Å². The van der Waals surface area contributed by atoms with Gasteiger partial charge in [0.2, 0.25) is 0 Å². The predicted molar refractivity (Wildman–Crippen MR) is 102 cm³/mol. The summed E-state index contributed by atoms with van der Waals surface area (Å²) in [6.45, 7) is 0. The van der Waals surface area contributed by atoms with Crippen molar-refractivity contribution in [3.63, 3.8) is 0 Å². The number of halogens is 2. The molecule has 4 rings (SSSR count). The van der Waals surface area contributed by atoms with Crippen molar-refractivity contribution in [2.45, 2.75) is 31.3 Å². The van der Waals surface area contributed by atoms with Gasteiger partial charge >= 0.3 is 0 Å². The molecule has 2 fully saturated rings. The Balaban J connectivity index is 1.71. The van der Waals surface area contributed by atoms with Crippen molar-refractivity contribution in [1.29, 1.82) is 0 Å². The number of quaternary nitrogens is 1. The molecular formula is C20H20Br2NO+. The van der Waals surface area contributed by atoms with Gasteiger partial charge in [-0.15, -0.1) is 0 Å². The van der Waals surface area contributed by atoms with Crippen LogP contribution in [0.25, 0.3) is 0 Å². The van der Waals surface area contributed by atoms with Crippen LogP contribution in [0.15, 0.2) is 57.5 Å². The maximum Gasteiger partial charge on any atom is 0.151 e. The van der Waals surface area contributed by atoms with E-state index in [1.165, 1.54) is 11.1 Å². The van der Waals surface area contributed by atoms with Gasteiger partial charge in [-0.05, 0) is 37.1 Å². The first kappa shape index (κ1) is 16.5. The van der Waals surface area contributed by atoms with Crippen molar-refractivity contribution in [2.75, 3.05) is 0 Å². The van der Waals surface area contributed by atoms with Gasteiger partial charge in [-0.3, -0.25) is 4.79 Å². The van der Waals surface area contributed by atoms with Gasteiger partial charge in [-0.1, -0.05) is 62.5 Å². The number of piperidine rings is 1. The molecule has 1 saturated carbocycles. The summed E-state index contributed by atoms with van der Waals surface area (Å²) in [6.07, 6.45) is 3.22. The van der Waals surface area contributed by atoms with Crippen molar-refractivity contribution in [2.24, 2.45) is 11.8 Å². The van der Waals surface area contributed by atoms with E-state index in [2.05, 4.69) is 85.7 Å². The number of Topliss-reactive ketones (excluding diaryl/α,β-unsaturated/α-hetero) is 1. The fourth-order valence-electron chi connectivity index (χ4n) is 4.38. The molecule has 24 heavy (non-hydrogen) atoms. The maximum absolute atomic E-state index is 13.1. The van der Waals surface area contributed by atoms with Crippen molar-refractivity contribution in [1.82, 2.24) is 0 Å². The topological polar surface area (TPSA) is 33.7 Å². The molecule has 2 bridgehead atoms. The summed E-state index contributed by atoms with van der Waals surface area (Å²) in [4.78, 5) is 13.1. The SMILES string of the molecule is O=C1[C@H]2CCC[C@@H]1[C@H](c1ccc(Br)cc1)[NH2+][C@@H]2c1ccc(Br)cc1. The molecule has 1 aliphatic carbocycles. The van der Waals surface area contributed by atoms with Gasteiger partial charge in [-0.2, -0.15) is 0 Å². The monoisotopic (exact) mass is 448 g/mol. The third-order valence-electron chi connectivity index (χ3n) is 5.55. The number of carbonyl (C=O) groups is 1. The number of carbonyl (C=O) groups excluding carboxylic acids is 1. The van der Waals surface area contributed by atoms with Gasteiger partial charge < -0.3 is 5.32 Å². The number of rotatable bonds is 2. The minimum Gasteiger partial charge on any atom is -0.333 e. The van der Waals surface area contributed by atoms with Crippen molar-refractivity contribution < 1.29 is 10.1 Å². The molecule has 124 valence electrons. The lowest BCUT2D eigenvalue weighted by Gasteiger charge is -2.42. The predicted octanol–water partition coefficient (Wildman–Crippen LogP) is 4.56. The highest BCUT2D eigenvalue weighted by molar-refractivity contribution is 9.10. The highest BCUT2D eigenvalue weighted by atomic mass is 79.9. The summed E-state index contributed by atoms with van der Waals surface area (Å²) in [5.74, 6) is 0.804. The highest BCUT2D eigenvalue weighted by Gasteiger charge is 2.49. The molecule has 2 aliphatic rings. The molecule has 0 aromatic heterocycles. The summed E-state index contributed by atoms with van der Waals surface area (Å²) in [5, 5.41) is 2.45. The Kier molecular flexibility index (Phi) is 4.63. The van der Waals surface area contributed by atoms with Crippen LogP contribution in [0.2, 0.25) is 0 Å². The zero-order valence-corrected chi connectivity index (χ0v) is 16.5. The molecule has 1 heterocycles. The first-order valence-electron chi connectivity index (χ1n) is 8.53. The molecule has 2 aromatic carbocycles. The molecule has 1 aliphatic heterocycles. The van der Waals surface area contributed by atoms with Crippen LogP contribution in [-0.4, -0.2) is 5.78 Å². The fraction of sp³-hybridized carbons (Fsp3) is 0.350. The Bertz CT molecular complexity index is 680. The lowest BCUT2D eigenvalue weighted by Crippen LogP contribution is -2.92. The van der Waals surface area contributed by atoms with E-state index < -0.39 is 0 Å². The number of hydrogen-bond acceptors (Lipinski definition) is 1. The molecule has 4 heteroatoms. The lowest BCUT2D eigenvalue weighted by atomic mass is 9.67. The molecule has 0 unspecified atom stereocenters. The Morgan fingerprint density at radius 3 is 1.58 bits per heavy atom. The minimum atomic E-state index is 0.164. The molecule has 0 amide bonds. The quantitative estimate of drug-likeness (QED) is 0.716. The third-order valence-corrected chi connectivity index (χ3v) is 6.61. The first-order valence-corrected chi connectivity index (χ1v) is 10.1. The summed E-state index contributed by atoms with van der Waals surface area (Å²) in [6, 6.07) is 17.4. The maximum atomic E-state index is 13.1. The van der Waals surface area contributed by atoms with Crippen molar-refractivity contribution in [3.8, 4) is 0 Å². The molecule has 2 N–H and O–H groups in total. The summed E-state index contributed by atoms with van der Waals surface area (Å²) >= 11 is 7.02. The zero-order valence-electron chi connectivity index (χ0n) is 13.3. The van der Waals surface area contributed by atoms with E-state index in [-0.39, 0.29) is 23.9 Å². The van der Waals surface area contributed by atoms with Crippen LogP contribution in [0.5, 0.6) is 0 Å². The summed E-state index contributed by atoms with van der Waals surface area (Å²) in [7, 11) is 0. The summed E-state index contributed by atoms with van der Waals surface area (Å²) in [5.41, 5.74) is 2.53.